The molecule has 39 heavy (non-hydrogen) atoms. The summed E-state index contributed by atoms with van der Waals surface area (Å²) >= 11 is 6.14. The highest BCUT2D eigenvalue weighted by atomic mass is 35.5. The van der Waals surface area contributed by atoms with Crippen LogP contribution in [0.1, 0.15) is 24.1 Å². The van der Waals surface area contributed by atoms with E-state index in [4.69, 9.17) is 30.9 Å². The summed E-state index contributed by atoms with van der Waals surface area (Å²) in [7, 11) is -0.695. The Balaban J connectivity index is 1.59. The zero-order valence-electron chi connectivity index (χ0n) is 22.0. The first-order valence-electron chi connectivity index (χ1n) is 12.6. The van der Waals surface area contributed by atoms with E-state index in [0.29, 0.717) is 51.9 Å². The Kier molecular flexibility index (Phi) is 7.83. The van der Waals surface area contributed by atoms with Crippen LogP contribution >= 0.6 is 11.6 Å². The van der Waals surface area contributed by atoms with Crippen LogP contribution in [0.25, 0.3) is 5.69 Å². The molecule has 0 bridgehead atoms. The topological polar surface area (TPSA) is 82.9 Å². The Morgan fingerprint density at radius 2 is 1.62 bits per heavy atom. The Morgan fingerprint density at radius 3 is 2.23 bits per heavy atom. The van der Waals surface area contributed by atoms with Crippen molar-refractivity contribution in [1.82, 2.24) is 14.1 Å². The fourth-order valence-corrected chi connectivity index (χ4v) is 5.91. The first kappa shape index (κ1) is 27.1. The second kappa shape index (κ2) is 11.3. The van der Waals surface area contributed by atoms with E-state index in [-0.39, 0.29) is 11.4 Å². The molecule has 0 spiro atoms. The molecule has 1 fully saturated rings. The van der Waals surface area contributed by atoms with Gasteiger partial charge in [-0.3, -0.25) is 0 Å². The van der Waals surface area contributed by atoms with Gasteiger partial charge in [-0.2, -0.15) is 9.40 Å². The van der Waals surface area contributed by atoms with Crippen LogP contribution in [0, 0.1) is 12.8 Å². The molecule has 0 atom stereocenters. The number of aromatic nitrogens is 2. The first-order valence-corrected chi connectivity index (χ1v) is 14.4. The molecule has 1 aliphatic carbocycles. The molecule has 204 valence electrons. The number of nitrogens with zero attached hydrogens (tertiary/aromatic N) is 3. The number of sulfonamides is 1. The highest BCUT2D eigenvalue weighted by Crippen LogP contribution is 2.38. The van der Waals surface area contributed by atoms with Gasteiger partial charge >= 0.3 is 0 Å². The van der Waals surface area contributed by atoms with E-state index in [2.05, 4.69) is 0 Å². The van der Waals surface area contributed by atoms with Gasteiger partial charge in [0.15, 0.2) is 11.5 Å². The van der Waals surface area contributed by atoms with Crippen LogP contribution in [0.3, 0.4) is 0 Å². The summed E-state index contributed by atoms with van der Waals surface area (Å²) in [5, 5.41) is 5.35. The number of halogens is 1. The molecule has 8 nitrogen and oxygen atoms in total. The first-order chi connectivity index (χ1) is 18.8. The number of hydrogen-bond acceptors (Lipinski definition) is 6. The average molecular weight is 568 g/mol. The minimum absolute atomic E-state index is 0.0920. The number of benzene rings is 3. The zero-order valence-corrected chi connectivity index (χ0v) is 23.6. The Bertz CT molecular complexity index is 1550. The van der Waals surface area contributed by atoms with E-state index in [9.17, 15) is 8.42 Å². The molecule has 1 heterocycles. The summed E-state index contributed by atoms with van der Waals surface area (Å²) in [6.07, 6.45) is 2.00. The molecule has 0 unspecified atom stereocenters. The van der Waals surface area contributed by atoms with Gasteiger partial charge in [0.1, 0.15) is 5.75 Å². The summed E-state index contributed by atoms with van der Waals surface area (Å²) in [6.45, 7) is 2.36. The van der Waals surface area contributed by atoms with Crippen LogP contribution in [0.4, 0.5) is 0 Å². The summed E-state index contributed by atoms with van der Waals surface area (Å²) in [5.74, 6) is 2.36. The molecule has 0 N–H and O–H groups in total. The van der Waals surface area contributed by atoms with E-state index in [1.54, 1.807) is 67.4 Å². The molecular weight excluding hydrogens is 538 g/mol. The molecular formula is C29H30ClN3O5S. The van der Waals surface area contributed by atoms with Crippen LogP contribution in [0.15, 0.2) is 77.7 Å². The lowest BCUT2D eigenvalue weighted by molar-refractivity contribution is 0.358. The molecule has 10 heteroatoms. The number of hydrogen-bond donors (Lipinski definition) is 0. The van der Waals surface area contributed by atoms with Crippen LogP contribution in [-0.2, 0) is 16.6 Å². The van der Waals surface area contributed by atoms with E-state index in [1.807, 2.05) is 31.2 Å². The number of methoxy groups -OCH3 is 2. The number of para-hydroxylation sites is 2. The Labute approximate surface area is 233 Å². The van der Waals surface area contributed by atoms with Gasteiger partial charge in [0.2, 0.25) is 15.9 Å². The monoisotopic (exact) mass is 567 g/mol. The van der Waals surface area contributed by atoms with Crippen LogP contribution in [-0.4, -0.2) is 43.3 Å². The van der Waals surface area contributed by atoms with E-state index in [1.165, 1.54) is 4.31 Å². The second-order valence-corrected chi connectivity index (χ2v) is 11.8. The molecule has 4 aromatic rings. The lowest BCUT2D eigenvalue weighted by atomic mass is 10.2. The quantitative estimate of drug-likeness (QED) is 0.213. The van der Waals surface area contributed by atoms with Gasteiger partial charge < -0.3 is 14.2 Å². The standard InChI is InChI=1S/C29H30ClN3O5S/c1-20-26(19-32(18-21-8-9-21)39(34,35)25-16-14-24(36-2)15-17-25)29(38-28-7-5-4-6-27(28)37-3)33(31-20)23-12-10-22(30)11-13-23/h4-7,10-17,21H,8-9,18-19H2,1-3H3. The summed E-state index contributed by atoms with van der Waals surface area (Å²) < 4.78 is 48.1. The van der Waals surface area contributed by atoms with Crippen molar-refractivity contribution in [3.05, 3.63) is 89.1 Å². The average Bonchev–Trinajstić information content (AvgIpc) is 3.72. The fraction of sp³-hybridized carbons (Fsp3) is 0.276. The summed E-state index contributed by atoms with van der Waals surface area (Å²) in [5.41, 5.74) is 2.04. The zero-order chi connectivity index (χ0) is 27.6. The summed E-state index contributed by atoms with van der Waals surface area (Å²) in [4.78, 5) is 0.207. The third-order valence-electron chi connectivity index (χ3n) is 6.67. The van der Waals surface area contributed by atoms with Gasteiger partial charge in [-0.25, -0.2) is 13.1 Å². The van der Waals surface area contributed by atoms with Gasteiger partial charge in [0.05, 0.1) is 36.1 Å². The molecule has 1 aliphatic rings. The molecule has 0 saturated heterocycles. The fourth-order valence-electron chi connectivity index (χ4n) is 4.30. The maximum Gasteiger partial charge on any atom is 0.243 e. The number of ether oxygens (including phenoxy) is 3. The maximum atomic E-state index is 13.9. The van der Waals surface area contributed by atoms with E-state index < -0.39 is 10.0 Å². The molecule has 5 rings (SSSR count). The molecule has 3 aromatic carbocycles. The smallest absolute Gasteiger partial charge is 0.243 e. The van der Waals surface area contributed by atoms with Gasteiger partial charge in [0.25, 0.3) is 0 Å². The minimum atomic E-state index is -3.82. The largest absolute Gasteiger partial charge is 0.497 e. The van der Waals surface area contributed by atoms with Crippen molar-refractivity contribution in [2.24, 2.45) is 5.92 Å². The highest BCUT2D eigenvalue weighted by molar-refractivity contribution is 7.89. The van der Waals surface area contributed by atoms with Crippen LogP contribution in [0.5, 0.6) is 23.1 Å². The van der Waals surface area contributed by atoms with Gasteiger partial charge in [-0.15, -0.1) is 0 Å². The normalized spacial score (nSPS) is 13.5. The van der Waals surface area contributed by atoms with E-state index >= 15 is 0 Å². The molecule has 0 amide bonds. The lowest BCUT2D eigenvalue weighted by Gasteiger charge is -2.23. The van der Waals surface area contributed by atoms with Gasteiger partial charge in [-0.05, 0) is 86.3 Å². The minimum Gasteiger partial charge on any atom is -0.497 e. The second-order valence-electron chi connectivity index (χ2n) is 9.43. The van der Waals surface area contributed by atoms with Crippen molar-refractivity contribution in [1.29, 1.82) is 0 Å². The number of aryl methyl sites for hydroxylation is 1. The van der Waals surface area contributed by atoms with Crippen LogP contribution in [0.2, 0.25) is 5.02 Å². The van der Waals surface area contributed by atoms with Crippen molar-refractivity contribution >= 4 is 21.6 Å². The van der Waals surface area contributed by atoms with Crippen molar-refractivity contribution in [2.45, 2.75) is 31.2 Å². The predicted molar refractivity (Wildman–Crippen MR) is 150 cm³/mol. The molecule has 1 aromatic heterocycles. The van der Waals surface area contributed by atoms with Crippen molar-refractivity contribution in [2.75, 3.05) is 20.8 Å². The molecule has 0 radical (unpaired) electrons. The van der Waals surface area contributed by atoms with Gasteiger partial charge in [-0.1, -0.05) is 23.7 Å². The third kappa shape index (κ3) is 5.90. The van der Waals surface area contributed by atoms with Crippen molar-refractivity contribution in [3.63, 3.8) is 0 Å². The van der Waals surface area contributed by atoms with Crippen LogP contribution < -0.4 is 14.2 Å². The summed E-state index contributed by atoms with van der Waals surface area (Å²) in [6, 6.07) is 21.0. The highest BCUT2D eigenvalue weighted by Gasteiger charge is 2.34. The Morgan fingerprint density at radius 1 is 0.949 bits per heavy atom. The maximum absolute atomic E-state index is 13.9. The van der Waals surface area contributed by atoms with Crippen molar-refractivity contribution < 1.29 is 22.6 Å². The molecule has 1 saturated carbocycles. The molecule has 0 aliphatic heterocycles. The van der Waals surface area contributed by atoms with E-state index in [0.717, 1.165) is 18.5 Å². The lowest BCUT2D eigenvalue weighted by Crippen LogP contribution is -2.32. The van der Waals surface area contributed by atoms with Crippen molar-refractivity contribution in [3.8, 4) is 28.8 Å². The number of rotatable bonds is 11. The predicted octanol–water partition coefficient (Wildman–Crippen LogP) is 6.24. The van der Waals surface area contributed by atoms with Gasteiger partial charge in [0, 0.05) is 18.1 Å². The Hall–Kier alpha value is -3.53. The third-order valence-corrected chi connectivity index (χ3v) is 8.75. The SMILES string of the molecule is COc1ccc(S(=O)(=O)N(Cc2c(C)nn(-c3ccc(Cl)cc3)c2Oc2ccccc2OC)CC2CC2)cc1.